The summed E-state index contributed by atoms with van der Waals surface area (Å²) in [5.41, 5.74) is 0.824. The van der Waals surface area contributed by atoms with E-state index in [0.29, 0.717) is 18.2 Å². The molecule has 0 bridgehead atoms. The van der Waals surface area contributed by atoms with Crippen LogP contribution < -0.4 is 4.74 Å². The molecular weight excluding hydrogens is 424 g/mol. The number of carbonyl (C=O) groups is 1. The molecule has 2 aliphatic rings. The molecule has 0 spiro atoms. The molecule has 1 saturated carbocycles. The number of carbonyl (C=O) groups excluding carboxylic acids is 1. The number of aromatic nitrogens is 2. The summed E-state index contributed by atoms with van der Waals surface area (Å²) in [6.07, 6.45) is 8.48. The number of thiophene rings is 1. The second-order valence-electron chi connectivity index (χ2n) is 9.87. The fourth-order valence-corrected chi connectivity index (χ4v) is 6.08. The summed E-state index contributed by atoms with van der Waals surface area (Å²) >= 11 is 1.74. The fourth-order valence-electron chi connectivity index (χ4n) is 4.85. The van der Waals surface area contributed by atoms with Crippen molar-refractivity contribution in [1.29, 1.82) is 5.26 Å². The van der Waals surface area contributed by atoms with Crippen molar-refractivity contribution in [2.24, 2.45) is 0 Å². The van der Waals surface area contributed by atoms with E-state index in [4.69, 9.17) is 14.7 Å². The molecule has 2 heterocycles. The van der Waals surface area contributed by atoms with Crippen molar-refractivity contribution >= 4 is 27.6 Å². The van der Waals surface area contributed by atoms with E-state index in [0.717, 1.165) is 55.2 Å². The molecule has 8 heteroatoms. The summed E-state index contributed by atoms with van der Waals surface area (Å²) in [4.78, 5) is 25.5. The van der Waals surface area contributed by atoms with Gasteiger partial charge in [-0.25, -0.2) is 14.8 Å². The second-order valence-corrected chi connectivity index (χ2v) is 11.0. The predicted octanol–water partition coefficient (Wildman–Crippen LogP) is 5.58. The van der Waals surface area contributed by atoms with Crippen LogP contribution in [-0.4, -0.2) is 45.8 Å². The van der Waals surface area contributed by atoms with E-state index in [1.807, 2.05) is 27.8 Å². The van der Waals surface area contributed by atoms with Gasteiger partial charge in [0.15, 0.2) is 0 Å². The first kappa shape index (κ1) is 22.8. The van der Waals surface area contributed by atoms with Gasteiger partial charge >= 0.3 is 6.09 Å². The molecule has 0 radical (unpaired) electrons. The molecular formula is C24H32N4O3S. The molecule has 0 unspecified atom stereocenters. The number of nitriles is 1. The molecule has 1 amide bonds. The van der Waals surface area contributed by atoms with Gasteiger partial charge in [-0.2, -0.15) is 5.26 Å². The van der Waals surface area contributed by atoms with E-state index in [1.54, 1.807) is 22.6 Å². The molecule has 2 aliphatic carbocycles. The first-order valence-corrected chi connectivity index (χ1v) is 12.3. The van der Waals surface area contributed by atoms with Crippen molar-refractivity contribution in [2.45, 2.75) is 95.8 Å². The second kappa shape index (κ2) is 9.22. The summed E-state index contributed by atoms with van der Waals surface area (Å²) in [6, 6.07) is 2.45. The van der Waals surface area contributed by atoms with Crippen LogP contribution in [0, 0.1) is 11.3 Å². The summed E-state index contributed by atoms with van der Waals surface area (Å²) in [5.74, 6) is 1.07. The molecule has 32 heavy (non-hydrogen) atoms. The summed E-state index contributed by atoms with van der Waals surface area (Å²) in [6.45, 7) is 5.66. The van der Waals surface area contributed by atoms with Gasteiger partial charge in [-0.1, -0.05) is 0 Å². The highest BCUT2D eigenvalue weighted by Gasteiger charge is 2.33. The molecule has 2 aromatic heterocycles. The molecule has 0 aromatic carbocycles. The van der Waals surface area contributed by atoms with Crippen molar-refractivity contribution in [3.05, 3.63) is 16.8 Å². The van der Waals surface area contributed by atoms with Gasteiger partial charge in [-0.05, 0) is 77.2 Å². The quantitative estimate of drug-likeness (QED) is 0.583. The van der Waals surface area contributed by atoms with Gasteiger partial charge in [-0.3, -0.25) is 0 Å². The monoisotopic (exact) mass is 456 g/mol. The van der Waals surface area contributed by atoms with Crippen LogP contribution >= 0.6 is 11.3 Å². The third-order valence-corrected chi connectivity index (χ3v) is 7.62. The van der Waals surface area contributed by atoms with Crippen molar-refractivity contribution < 1.29 is 14.3 Å². The number of amides is 1. The number of aryl methyl sites for hydroxylation is 1. The first-order chi connectivity index (χ1) is 15.3. The Balaban J connectivity index is 1.43. The van der Waals surface area contributed by atoms with Crippen LogP contribution in [0.2, 0.25) is 0 Å². The Morgan fingerprint density at radius 3 is 2.69 bits per heavy atom. The van der Waals surface area contributed by atoms with Crippen LogP contribution in [0.15, 0.2) is 6.33 Å². The minimum absolute atomic E-state index is 0.0749. The number of hydrogen-bond donors (Lipinski definition) is 0. The third kappa shape index (κ3) is 4.83. The normalized spacial score (nSPS) is 22.9. The molecule has 4 rings (SSSR count). The maximum Gasteiger partial charge on any atom is 0.410 e. The molecule has 7 nitrogen and oxygen atoms in total. The number of rotatable bonds is 5. The zero-order valence-electron chi connectivity index (χ0n) is 19.4. The lowest BCUT2D eigenvalue weighted by molar-refractivity contribution is 0.0138. The van der Waals surface area contributed by atoms with Crippen molar-refractivity contribution in [3.63, 3.8) is 0 Å². The van der Waals surface area contributed by atoms with Crippen molar-refractivity contribution in [2.75, 3.05) is 7.05 Å². The van der Waals surface area contributed by atoms with E-state index in [-0.39, 0.29) is 18.2 Å². The van der Waals surface area contributed by atoms with E-state index < -0.39 is 5.60 Å². The largest absolute Gasteiger partial charge is 0.474 e. The zero-order chi connectivity index (χ0) is 22.9. The van der Waals surface area contributed by atoms with Crippen LogP contribution in [0.5, 0.6) is 5.88 Å². The SMILES string of the molecule is CN(C(=O)OC(C)(C)C)[C@H]1CC[C@H](Oc2ncnc3sc4c(c23)[C@@H](CCC#N)CC4)CC1. The van der Waals surface area contributed by atoms with E-state index in [2.05, 4.69) is 16.0 Å². The van der Waals surface area contributed by atoms with E-state index >= 15 is 0 Å². The zero-order valence-corrected chi connectivity index (χ0v) is 20.2. The Morgan fingerprint density at radius 1 is 1.25 bits per heavy atom. The van der Waals surface area contributed by atoms with Gasteiger partial charge in [0.2, 0.25) is 5.88 Å². The van der Waals surface area contributed by atoms with Gasteiger partial charge in [0, 0.05) is 24.4 Å². The van der Waals surface area contributed by atoms with Crippen LogP contribution in [0.3, 0.4) is 0 Å². The number of nitrogens with zero attached hydrogens (tertiary/aromatic N) is 4. The summed E-state index contributed by atoms with van der Waals surface area (Å²) < 4.78 is 11.9. The minimum Gasteiger partial charge on any atom is -0.474 e. The lowest BCUT2D eigenvalue weighted by Gasteiger charge is -2.35. The molecule has 2 aromatic rings. The average molecular weight is 457 g/mol. The Hall–Kier alpha value is -2.40. The molecule has 0 N–H and O–H groups in total. The minimum atomic E-state index is -0.490. The van der Waals surface area contributed by atoms with Gasteiger partial charge in [-0.15, -0.1) is 11.3 Å². The summed E-state index contributed by atoms with van der Waals surface area (Å²) in [7, 11) is 1.82. The topological polar surface area (TPSA) is 88.3 Å². The van der Waals surface area contributed by atoms with Gasteiger partial charge in [0.05, 0.1) is 11.5 Å². The summed E-state index contributed by atoms with van der Waals surface area (Å²) in [5, 5.41) is 10.1. The standard InChI is InChI=1S/C24H32N4O3S/c1-24(2,3)31-23(29)28(4)16-8-10-17(11-9-16)30-21-20-19-15(6-5-13-25)7-12-18(19)32-22(20)27-14-26-21/h14-17H,5-12H2,1-4H3/t15-,16-,17-/m0/s1. The number of hydrogen-bond acceptors (Lipinski definition) is 7. The van der Waals surface area contributed by atoms with Crippen LogP contribution in [0.25, 0.3) is 10.2 Å². The highest BCUT2D eigenvalue weighted by atomic mass is 32.1. The van der Waals surface area contributed by atoms with Crippen LogP contribution in [-0.2, 0) is 11.2 Å². The van der Waals surface area contributed by atoms with Gasteiger partial charge in [0.1, 0.15) is 22.9 Å². The Morgan fingerprint density at radius 2 is 2.00 bits per heavy atom. The number of ether oxygens (including phenoxy) is 2. The third-order valence-electron chi connectivity index (χ3n) is 6.45. The lowest BCUT2D eigenvalue weighted by atomic mass is 9.92. The Labute approximate surface area is 193 Å². The van der Waals surface area contributed by atoms with Gasteiger partial charge in [0.25, 0.3) is 0 Å². The molecule has 0 aliphatic heterocycles. The molecule has 1 fully saturated rings. The van der Waals surface area contributed by atoms with Crippen molar-refractivity contribution in [3.8, 4) is 11.9 Å². The van der Waals surface area contributed by atoms with E-state index in [1.165, 1.54) is 10.4 Å². The van der Waals surface area contributed by atoms with Crippen molar-refractivity contribution in [1.82, 2.24) is 14.9 Å². The molecule has 172 valence electrons. The highest BCUT2D eigenvalue weighted by Crippen LogP contribution is 2.47. The van der Waals surface area contributed by atoms with E-state index in [9.17, 15) is 4.79 Å². The maximum atomic E-state index is 12.4. The fraction of sp³-hybridized carbons (Fsp3) is 0.667. The average Bonchev–Trinajstić information content (AvgIpc) is 3.30. The Bertz CT molecular complexity index is 1010. The smallest absolute Gasteiger partial charge is 0.410 e. The van der Waals surface area contributed by atoms with Crippen LogP contribution in [0.1, 0.15) is 82.1 Å². The highest BCUT2D eigenvalue weighted by molar-refractivity contribution is 7.19. The maximum absolute atomic E-state index is 12.4. The predicted molar refractivity (Wildman–Crippen MR) is 124 cm³/mol. The first-order valence-electron chi connectivity index (χ1n) is 11.5. The molecule has 0 saturated heterocycles. The van der Waals surface area contributed by atoms with Crippen LogP contribution in [0.4, 0.5) is 4.79 Å². The van der Waals surface area contributed by atoms with Gasteiger partial charge < -0.3 is 14.4 Å². The Kier molecular flexibility index (Phi) is 6.57. The number of fused-ring (bicyclic) bond motifs is 3. The lowest BCUT2D eigenvalue weighted by Crippen LogP contribution is -2.43. The molecule has 1 atom stereocenters.